The quantitative estimate of drug-likeness (QED) is 0.706. The Kier molecular flexibility index (Phi) is 7.34. The van der Waals surface area contributed by atoms with E-state index in [0.29, 0.717) is 5.41 Å². The highest BCUT2D eigenvalue weighted by atomic mass is 35.5. The van der Waals surface area contributed by atoms with Crippen LogP contribution in [0.25, 0.3) is 0 Å². The van der Waals surface area contributed by atoms with Gasteiger partial charge in [0.2, 0.25) is 0 Å². The summed E-state index contributed by atoms with van der Waals surface area (Å²) in [6.07, 6.45) is 2.55. The molecule has 0 aromatic rings. The van der Waals surface area contributed by atoms with Gasteiger partial charge in [-0.05, 0) is 24.3 Å². The van der Waals surface area contributed by atoms with E-state index >= 15 is 0 Å². The molecule has 0 amide bonds. The van der Waals surface area contributed by atoms with E-state index in [1.165, 1.54) is 12.8 Å². The van der Waals surface area contributed by atoms with E-state index in [4.69, 9.17) is 5.73 Å². The second-order valence-corrected chi connectivity index (χ2v) is 4.30. The fourth-order valence-electron chi connectivity index (χ4n) is 0.781. The molecule has 0 heterocycles. The monoisotopic (exact) mass is 179 g/mol. The standard InChI is InChI=1S/C9H21N.ClH/c1-8(2)5-6-9(3,4)7-10;/h8H,5-7,10H2,1-4H3;1H. The SMILES string of the molecule is CC(C)CCC(C)(C)CN.Cl. The first-order chi connectivity index (χ1) is 4.48. The van der Waals surface area contributed by atoms with Crippen LogP contribution in [0.1, 0.15) is 40.5 Å². The Labute approximate surface area is 77.2 Å². The van der Waals surface area contributed by atoms with Crippen LogP contribution in [0.3, 0.4) is 0 Å². The van der Waals surface area contributed by atoms with Crippen molar-refractivity contribution in [2.45, 2.75) is 40.5 Å². The smallest absolute Gasteiger partial charge is 0.00258 e. The maximum absolute atomic E-state index is 5.59. The van der Waals surface area contributed by atoms with Gasteiger partial charge in [0.05, 0.1) is 0 Å². The predicted octanol–water partition coefficient (Wildman–Crippen LogP) is 2.83. The summed E-state index contributed by atoms with van der Waals surface area (Å²) in [4.78, 5) is 0. The van der Waals surface area contributed by atoms with Crippen molar-refractivity contribution in [2.75, 3.05) is 6.54 Å². The largest absolute Gasteiger partial charge is 0.330 e. The van der Waals surface area contributed by atoms with Crippen LogP contribution >= 0.6 is 12.4 Å². The summed E-state index contributed by atoms with van der Waals surface area (Å²) in [6, 6.07) is 0. The Morgan fingerprint density at radius 2 is 1.73 bits per heavy atom. The van der Waals surface area contributed by atoms with Gasteiger partial charge in [0.25, 0.3) is 0 Å². The highest BCUT2D eigenvalue weighted by molar-refractivity contribution is 5.85. The minimum absolute atomic E-state index is 0. The van der Waals surface area contributed by atoms with E-state index in [2.05, 4.69) is 27.7 Å². The molecule has 2 heteroatoms. The van der Waals surface area contributed by atoms with Gasteiger partial charge in [-0.15, -0.1) is 12.4 Å². The van der Waals surface area contributed by atoms with Gasteiger partial charge in [0.15, 0.2) is 0 Å². The third-order valence-electron chi connectivity index (χ3n) is 1.95. The van der Waals surface area contributed by atoms with Crippen molar-refractivity contribution in [3.05, 3.63) is 0 Å². The van der Waals surface area contributed by atoms with Crippen molar-refractivity contribution in [3.8, 4) is 0 Å². The molecule has 0 unspecified atom stereocenters. The molecule has 70 valence electrons. The van der Waals surface area contributed by atoms with Crippen LogP contribution < -0.4 is 5.73 Å². The second kappa shape index (κ2) is 5.84. The van der Waals surface area contributed by atoms with E-state index in [1.54, 1.807) is 0 Å². The Hall–Kier alpha value is 0.250. The summed E-state index contributed by atoms with van der Waals surface area (Å²) >= 11 is 0. The van der Waals surface area contributed by atoms with Gasteiger partial charge in [-0.25, -0.2) is 0 Å². The minimum Gasteiger partial charge on any atom is -0.330 e. The molecule has 1 nitrogen and oxygen atoms in total. The van der Waals surface area contributed by atoms with E-state index < -0.39 is 0 Å². The fourth-order valence-corrected chi connectivity index (χ4v) is 0.781. The van der Waals surface area contributed by atoms with Crippen LogP contribution in [0, 0.1) is 11.3 Å². The van der Waals surface area contributed by atoms with Crippen LogP contribution in [0.4, 0.5) is 0 Å². The van der Waals surface area contributed by atoms with Gasteiger partial charge in [-0.3, -0.25) is 0 Å². The number of hydrogen-bond acceptors (Lipinski definition) is 1. The van der Waals surface area contributed by atoms with Crippen molar-refractivity contribution in [1.82, 2.24) is 0 Å². The van der Waals surface area contributed by atoms with Crippen molar-refractivity contribution < 1.29 is 0 Å². The third kappa shape index (κ3) is 8.15. The molecular weight excluding hydrogens is 158 g/mol. The summed E-state index contributed by atoms with van der Waals surface area (Å²) in [7, 11) is 0. The Morgan fingerprint density at radius 1 is 1.27 bits per heavy atom. The molecule has 0 aliphatic carbocycles. The van der Waals surface area contributed by atoms with Crippen molar-refractivity contribution >= 4 is 12.4 Å². The van der Waals surface area contributed by atoms with Crippen molar-refractivity contribution in [1.29, 1.82) is 0 Å². The zero-order chi connectivity index (χ0) is 8.20. The molecule has 0 atom stereocenters. The molecule has 11 heavy (non-hydrogen) atoms. The van der Waals surface area contributed by atoms with Crippen molar-refractivity contribution in [2.24, 2.45) is 17.1 Å². The van der Waals surface area contributed by atoms with Gasteiger partial charge in [-0.1, -0.05) is 34.1 Å². The lowest BCUT2D eigenvalue weighted by Crippen LogP contribution is -2.23. The van der Waals surface area contributed by atoms with E-state index in [9.17, 15) is 0 Å². The fraction of sp³-hybridized carbons (Fsp3) is 1.00. The van der Waals surface area contributed by atoms with Crippen LogP contribution in [0.15, 0.2) is 0 Å². The maximum Gasteiger partial charge on any atom is -0.00258 e. The lowest BCUT2D eigenvalue weighted by molar-refractivity contribution is 0.314. The first-order valence-corrected chi connectivity index (χ1v) is 4.18. The third-order valence-corrected chi connectivity index (χ3v) is 1.95. The number of rotatable bonds is 4. The molecule has 0 saturated carbocycles. The highest BCUT2D eigenvalue weighted by Crippen LogP contribution is 2.22. The first-order valence-electron chi connectivity index (χ1n) is 4.18. The molecule has 0 aromatic carbocycles. The predicted molar refractivity (Wildman–Crippen MR) is 54.2 cm³/mol. The summed E-state index contributed by atoms with van der Waals surface area (Å²) in [6.45, 7) is 9.78. The minimum atomic E-state index is 0. The Morgan fingerprint density at radius 3 is 2.00 bits per heavy atom. The van der Waals surface area contributed by atoms with Gasteiger partial charge in [0, 0.05) is 0 Å². The van der Waals surface area contributed by atoms with Crippen LogP contribution in [0.2, 0.25) is 0 Å². The molecule has 0 aliphatic rings. The zero-order valence-electron chi connectivity index (χ0n) is 8.18. The van der Waals surface area contributed by atoms with Crippen LogP contribution in [0.5, 0.6) is 0 Å². The average Bonchev–Trinajstić information content (AvgIpc) is 1.85. The lowest BCUT2D eigenvalue weighted by Gasteiger charge is -2.22. The molecule has 0 radical (unpaired) electrons. The molecule has 0 aromatic heterocycles. The summed E-state index contributed by atoms with van der Waals surface area (Å²) in [5.74, 6) is 0.811. The van der Waals surface area contributed by atoms with Gasteiger partial charge < -0.3 is 5.73 Å². The van der Waals surface area contributed by atoms with Crippen LogP contribution in [-0.2, 0) is 0 Å². The molecule has 0 fully saturated rings. The molecule has 0 aliphatic heterocycles. The molecule has 0 saturated heterocycles. The Balaban J connectivity index is 0. The molecule has 0 spiro atoms. The second-order valence-electron chi connectivity index (χ2n) is 4.30. The normalized spacial score (nSPS) is 11.5. The molecule has 0 bridgehead atoms. The number of hydrogen-bond donors (Lipinski definition) is 1. The molecule has 0 rings (SSSR count). The van der Waals surface area contributed by atoms with E-state index in [-0.39, 0.29) is 12.4 Å². The van der Waals surface area contributed by atoms with Gasteiger partial charge in [0.1, 0.15) is 0 Å². The summed E-state index contributed by atoms with van der Waals surface area (Å²) < 4.78 is 0. The van der Waals surface area contributed by atoms with Crippen molar-refractivity contribution in [3.63, 3.8) is 0 Å². The van der Waals surface area contributed by atoms with E-state index in [1.807, 2.05) is 0 Å². The van der Waals surface area contributed by atoms with Gasteiger partial charge >= 0.3 is 0 Å². The molecule has 2 N–H and O–H groups in total. The molecular formula is C9H22ClN. The summed E-state index contributed by atoms with van der Waals surface area (Å²) in [5.41, 5.74) is 5.94. The van der Waals surface area contributed by atoms with E-state index in [0.717, 1.165) is 12.5 Å². The van der Waals surface area contributed by atoms with Gasteiger partial charge in [-0.2, -0.15) is 0 Å². The highest BCUT2D eigenvalue weighted by Gasteiger charge is 2.14. The first kappa shape index (κ1) is 13.8. The maximum atomic E-state index is 5.59. The van der Waals surface area contributed by atoms with Crippen LogP contribution in [-0.4, -0.2) is 6.54 Å². The Bertz CT molecular complexity index is 89.6. The number of nitrogens with two attached hydrogens (primary N) is 1. The zero-order valence-corrected chi connectivity index (χ0v) is 9.00. The number of halogens is 1. The average molecular weight is 180 g/mol. The summed E-state index contributed by atoms with van der Waals surface area (Å²) in [5, 5.41) is 0. The lowest BCUT2D eigenvalue weighted by atomic mass is 9.86. The topological polar surface area (TPSA) is 26.0 Å².